The molecule has 2 aromatic heterocycles. The third-order valence-electron chi connectivity index (χ3n) is 2.40. The standard InChI is InChI=1S/C12H12N4S/c1-2-16(9-11-4-3-7-17-11)12-6-5-10(8-13)14-15-12/h3-7H,2,9H2,1H3. The topological polar surface area (TPSA) is 52.8 Å². The van der Waals surface area contributed by atoms with Crippen molar-refractivity contribution >= 4 is 17.2 Å². The van der Waals surface area contributed by atoms with Crippen LogP contribution in [0.4, 0.5) is 5.82 Å². The van der Waals surface area contributed by atoms with Crippen LogP contribution in [0.5, 0.6) is 0 Å². The van der Waals surface area contributed by atoms with Gasteiger partial charge in [0.25, 0.3) is 0 Å². The molecule has 2 aromatic rings. The van der Waals surface area contributed by atoms with Crippen LogP contribution in [0, 0.1) is 11.3 Å². The summed E-state index contributed by atoms with van der Waals surface area (Å²) in [6.07, 6.45) is 0. The van der Waals surface area contributed by atoms with Crippen molar-refractivity contribution in [1.82, 2.24) is 10.2 Å². The van der Waals surface area contributed by atoms with Crippen molar-refractivity contribution in [3.8, 4) is 6.07 Å². The van der Waals surface area contributed by atoms with Gasteiger partial charge in [-0.2, -0.15) is 5.26 Å². The van der Waals surface area contributed by atoms with Crippen LogP contribution in [-0.4, -0.2) is 16.7 Å². The molecule has 5 heteroatoms. The Morgan fingerprint density at radius 3 is 2.76 bits per heavy atom. The average molecular weight is 244 g/mol. The van der Waals surface area contributed by atoms with E-state index in [1.54, 1.807) is 17.4 Å². The number of nitriles is 1. The summed E-state index contributed by atoms with van der Waals surface area (Å²) in [5, 5.41) is 18.6. The quantitative estimate of drug-likeness (QED) is 0.829. The third-order valence-corrected chi connectivity index (χ3v) is 3.26. The van der Waals surface area contributed by atoms with Gasteiger partial charge in [0.2, 0.25) is 0 Å². The van der Waals surface area contributed by atoms with E-state index >= 15 is 0 Å². The Kier molecular flexibility index (Phi) is 3.68. The lowest BCUT2D eigenvalue weighted by molar-refractivity contribution is 0.802. The summed E-state index contributed by atoms with van der Waals surface area (Å²) in [7, 11) is 0. The van der Waals surface area contributed by atoms with Crippen molar-refractivity contribution in [2.75, 3.05) is 11.4 Å². The van der Waals surface area contributed by atoms with Gasteiger partial charge in [0, 0.05) is 11.4 Å². The Balaban J connectivity index is 2.14. The predicted octanol–water partition coefficient (Wildman–Crippen LogP) is 2.44. The van der Waals surface area contributed by atoms with Crippen molar-refractivity contribution in [1.29, 1.82) is 5.26 Å². The summed E-state index contributed by atoms with van der Waals surface area (Å²) in [4.78, 5) is 3.41. The van der Waals surface area contributed by atoms with E-state index in [0.717, 1.165) is 18.9 Å². The summed E-state index contributed by atoms with van der Waals surface area (Å²) in [6, 6.07) is 9.64. The second-order valence-corrected chi connectivity index (χ2v) is 4.51. The zero-order valence-electron chi connectivity index (χ0n) is 9.50. The van der Waals surface area contributed by atoms with E-state index < -0.39 is 0 Å². The zero-order chi connectivity index (χ0) is 12.1. The van der Waals surface area contributed by atoms with Gasteiger partial charge in [-0.3, -0.25) is 0 Å². The van der Waals surface area contributed by atoms with Crippen LogP contribution in [0.15, 0.2) is 29.6 Å². The number of rotatable bonds is 4. The van der Waals surface area contributed by atoms with E-state index in [9.17, 15) is 0 Å². The molecule has 86 valence electrons. The summed E-state index contributed by atoms with van der Waals surface area (Å²) < 4.78 is 0. The molecule has 0 saturated heterocycles. The van der Waals surface area contributed by atoms with Crippen molar-refractivity contribution in [2.24, 2.45) is 0 Å². The smallest absolute Gasteiger partial charge is 0.163 e. The van der Waals surface area contributed by atoms with Crippen molar-refractivity contribution in [2.45, 2.75) is 13.5 Å². The summed E-state index contributed by atoms with van der Waals surface area (Å²) >= 11 is 1.73. The normalized spacial score (nSPS) is 9.88. The van der Waals surface area contributed by atoms with Gasteiger partial charge >= 0.3 is 0 Å². The highest BCUT2D eigenvalue weighted by Crippen LogP contribution is 2.16. The van der Waals surface area contributed by atoms with Crippen LogP contribution in [-0.2, 0) is 6.54 Å². The molecule has 0 aliphatic heterocycles. The first kappa shape index (κ1) is 11.6. The first-order valence-corrected chi connectivity index (χ1v) is 6.22. The number of nitrogens with zero attached hydrogens (tertiary/aromatic N) is 4. The first-order valence-electron chi connectivity index (χ1n) is 5.34. The molecule has 0 N–H and O–H groups in total. The third kappa shape index (κ3) is 2.80. The average Bonchev–Trinajstić information content (AvgIpc) is 2.89. The maximum absolute atomic E-state index is 8.67. The summed E-state index contributed by atoms with van der Waals surface area (Å²) in [6.45, 7) is 3.76. The maximum atomic E-state index is 8.67. The summed E-state index contributed by atoms with van der Waals surface area (Å²) in [5.74, 6) is 0.805. The molecule has 17 heavy (non-hydrogen) atoms. The van der Waals surface area contributed by atoms with Crippen molar-refractivity contribution in [3.63, 3.8) is 0 Å². The molecule has 4 nitrogen and oxygen atoms in total. The lowest BCUT2D eigenvalue weighted by Gasteiger charge is -2.20. The Labute approximate surface area is 104 Å². The zero-order valence-corrected chi connectivity index (χ0v) is 10.3. The fraction of sp³-hybridized carbons (Fsp3) is 0.250. The number of hydrogen-bond donors (Lipinski definition) is 0. The van der Waals surface area contributed by atoms with Crippen LogP contribution in [0.25, 0.3) is 0 Å². The van der Waals surface area contributed by atoms with Gasteiger partial charge in [-0.05, 0) is 30.5 Å². The molecular weight excluding hydrogens is 232 g/mol. The maximum Gasteiger partial charge on any atom is 0.163 e. The van der Waals surface area contributed by atoms with Gasteiger partial charge in [0.05, 0.1) is 6.54 Å². The Morgan fingerprint density at radius 2 is 2.24 bits per heavy atom. The Hall–Kier alpha value is -1.93. The molecule has 0 radical (unpaired) electrons. The van der Waals surface area contributed by atoms with E-state index in [-0.39, 0.29) is 0 Å². The number of hydrogen-bond acceptors (Lipinski definition) is 5. The highest BCUT2D eigenvalue weighted by molar-refractivity contribution is 7.09. The molecule has 0 unspecified atom stereocenters. The Morgan fingerprint density at radius 1 is 1.35 bits per heavy atom. The molecule has 2 heterocycles. The molecule has 0 spiro atoms. The molecule has 0 fully saturated rings. The lowest BCUT2D eigenvalue weighted by Crippen LogP contribution is -2.22. The van der Waals surface area contributed by atoms with Crippen LogP contribution >= 0.6 is 11.3 Å². The van der Waals surface area contributed by atoms with E-state index in [1.807, 2.05) is 18.2 Å². The van der Waals surface area contributed by atoms with Gasteiger partial charge in [0.1, 0.15) is 6.07 Å². The first-order chi connectivity index (χ1) is 8.33. The predicted molar refractivity (Wildman–Crippen MR) is 67.8 cm³/mol. The van der Waals surface area contributed by atoms with Gasteiger partial charge in [-0.1, -0.05) is 6.07 Å². The van der Waals surface area contributed by atoms with E-state index in [4.69, 9.17) is 5.26 Å². The van der Waals surface area contributed by atoms with Crippen LogP contribution in [0.3, 0.4) is 0 Å². The molecule has 0 aliphatic rings. The van der Waals surface area contributed by atoms with Crippen LogP contribution in [0.1, 0.15) is 17.5 Å². The molecule has 0 aliphatic carbocycles. The molecule has 0 atom stereocenters. The van der Waals surface area contributed by atoms with Gasteiger partial charge in [0.15, 0.2) is 11.5 Å². The number of thiophene rings is 1. The fourth-order valence-electron chi connectivity index (χ4n) is 1.50. The van der Waals surface area contributed by atoms with E-state index in [2.05, 4.69) is 33.5 Å². The summed E-state index contributed by atoms with van der Waals surface area (Å²) in [5.41, 5.74) is 0.348. The van der Waals surface area contributed by atoms with E-state index in [1.165, 1.54) is 4.88 Å². The lowest BCUT2D eigenvalue weighted by atomic mass is 10.3. The molecule has 0 aromatic carbocycles. The van der Waals surface area contributed by atoms with E-state index in [0.29, 0.717) is 5.69 Å². The minimum absolute atomic E-state index is 0.348. The van der Waals surface area contributed by atoms with Crippen molar-refractivity contribution < 1.29 is 0 Å². The monoisotopic (exact) mass is 244 g/mol. The second-order valence-electron chi connectivity index (χ2n) is 3.48. The molecular formula is C12H12N4S. The van der Waals surface area contributed by atoms with Crippen LogP contribution < -0.4 is 4.90 Å². The Bertz CT molecular complexity index is 498. The SMILES string of the molecule is CCN(Cc1cccs1)c1ccc(C#N)nn1. The van der Waals surface area contributed by atoms with Gasteiger partial charge < -0.3 is 4.90 Å². The largest absolute Gasteiger partial charge is 0.350 e. The fourth-order valence-corrected chi connectivity index (χ4v) is 2.22. The molecule has 2 rings (SSSR count). The molecule has 0 bridgehead atoms. The highest BCUT2D eigenvalue weighted by atomic mass is 32.1. The van der Waals surface area contributed by atoms with Gasteiger partial charge in [-0.25, -0.2) is 0 Å². The molecule has 0 saturated carbocycles. The molecule has 0 amide bonds. The minimum atomic E-state index is 0.348. The minimum Gasteiger partial charge on any atom is -0.350 e. The second kappa shape index (κ2) is 5.41. The number of anilines is 1. The van der Waals surface area contributed by atoms with Gasteiger partial charge in [-0.15, -0.1) is 21.5 Å². The van der Waals surface area contributed by atoms with Crippen molar-refractivity contribution in [3.05, 3.63) is 40.2 Å². The highest BCUT2D eigenvalue weighted by Gasteiger charge is 2.08. The number of aromatic nitrogens is 2. The van der Waals surface area contributed by atoms with Crippen LogP contribution in [0.2, 0.25) is 0 Å².